The normalized spacial score (nSPS) is 16.6. The number of hydrogen-bond acceptors (Lipinski definition) is 5. The highest BCUT2D eigenvalue weighted by atomic mass is 32.1. The maximum atomic E-state index is 12.8. The second-order valence-corrected chi connectivity index (χ2v) is 7.75. The number of likely N-dealkylation sites (tertiary alicyclic amines) is 1. The molecule has 0 aliphatic carbocycles. The van der Waals surface area contributed by atoms with Crippen molar-refractivity contribution in [3.05, 3.63) is 64.4 Å². The number of nitrogens with zero attached hydrogens (tertiary/aromatic N) is 4. The summed E-state index contributed by atoms with van der Waals surface area (Å²) in [4.78, 5) is 31.4. The second kappa shape index (κ2) is 8.57. The van der Waals surface area contributed by atoms with E-state index in [0.29, 0.717) is 30.9 Å². The van der Waals surface area contributed by atoms with Gasteiger partial charge in [-0.2, -0.15) is 5.10 Å². The molecule has 1 aliphatic rings. The largest absolute Gasteiger partial charge is 0.352 e. The Bertz CT molecular complexity index is 984. The van der Waals surface area contributed by atoms with Crippen molar-refractivity contribution in [2.75, 3.05) is 19.6 Å². The van der Waals surface area contributed by atoms with E-state index in [-0.39, 0.29) is 17.7 Å². The third-order valence-corrected chi connectivity index (χ3v) is 5.68. The summed E-state index contributed by atoms with van der Waals surface area (Å²) in [7, 11) is 0. The summed E-state index contributed by atoms with van der Waals surface area (Å²) in [5, 5.41) is 9.42. The standard InChI is InChI=1S/C21H23N5O2S/c1-2-22-20(27)17-12-26(16-8-4-3-5-9-16)24-19(17)15-7-6-10-25(11-15)21(28)18-13-29-14-23-18/h3-5,8-9,12-15H,2,6-7,10-11H2,1H3,(H,22,27)/t15-/m0/s1. The molecule has 0 radical (unpaired) electrons. The van der Waals surface area contributed by atoms with Crippen molar-refractivity contribution in [2.45, 2.75) is 25.7 Å². The molecule has 1 saturated heterocycles. The number of para-hydroxylation sites is 1. The van der Waals surface area contributed by atoms with Crippen molar-refractivity contribution < 1.29 is 9.59 Å². The molecule has 150 valence electrons. The van der Waals surface area contributed by atoms with E-state index in [1.807, 2.05) is 42.2 Å². The van der Waals surface area contributed by atoms with E-state index in [9.17, 15) is 9.59 Å². The average molecular weight is 410 g/mol. The monoisotopic (exact) mass is 409 g/mol. The van der Waals surface area contributed by atoms with Gasteiger partial charge in [0.2, 0.25) is 0 Å². The molecule has 0 unspecified atom stereocenters. The van der Waals surface area contributed by atoms with E-state index < -0.39 is 0 Å². The molecule has 0 saturated carbocycles. The number of piperidine rings is 1. The molecule has 2 aromatic heterocycles. The Labute approximate surface area is 173 Å². The molecule has 3 heterocycles. The van der Waals surface area contributed by atoms with Gasteiger partial charge >= 0.3 is 0 Å². The molecule has 3 aromatic rings. The molecule has 7 nitrogen and oxygen atoms in total. The lowest BCUT2D eigenvalue weighted by Crippen LogP contribution is -2.40. The van der Waals surface area contributed by atoms with Crippen molar-refractivity contribution in [1.29, 1.82) is 0 Å². The predicted molar refractivity (Wildman–Crippen MR) is 112 cm³/mol. The molecule has 1 atom stereocenters. The first kappa shape index (κ1) is 19.3. The molecule has 2 amide bonds. The van der Waals surface area contributed by atoms with Crippen LogP contribution >= 0.6 is 11.3 Å². The molecule has 1 fully saturated rings. The smallest absolute Gasteiger partial charge is 0.273 e. The first-order valence-electron chi connectivity index (χ1n) is 9.78. The number of nitrogens with one attached hydrogen (secondary N) is 1. The molecular formula is C21H23N5O2S. The Morgan fingerprint density at radius 1 is 1.28 bits per heavy atom. The molecular weight excluding hydrogens is 386 g/mol. The number of benzene rings is 1. The van der Waals surface area contributed by atoms with Gasteiger partial charge in [0, 0.05) is 37.1 Å². The Kier molecular flexibility index (Phi) is 5.71. The number of rotatable bonds is 5. The highest BCUT2D eigenvalue weighted by molar-refractivity contribution is 7.07. The number of hydrogen-bond donors (Lipinski definition) is 1. The quantitative estimate of drug-likeness (QED) is 0.702. The van der Waals surface area contributed by atoms with Crippen LogP contribution in [0.3, 0.4) is 0 Å². The van der Waals surface area contributed by atoms with Crippen LogP contribution in [0.2, 0.25) is 0 Å². The number of carbonyl (C=O) groups is 2. The summed E-state index contributed by atoms with van der Waals surface area (Å²) in [5.41, 5.74) is 4.37. The molecule has 8 heteroatoms. The van der Waals surface area contributed by atoms with E-state index in [1.165, 1.54) is 11.3 Å². The molecule has 4 rings (SSSR count). The molecule has 1 aliphatic heterocycles. The Morgan fingerprint density at radius 3 is 2.83 bits per heavy atom. The van der Waals surface area contributed by atoms with Gasteiger partial charge in [-0.1, -0.05) is 18.2 Å². The minimum Gasteiger partial charge on any atom is -0.352 e. The van der Waals surface area contributed by atoms with Crippen LogP contribution in [-0.2, 0) is 0 Å². The lowest BCUT2D eigenvalue weighted by Gasteiger charge is -2.32. The zero-order valence-electron chi connectivity index (χ0n) is 16.2. The molecule has 1 aromatic carbocycles. The van der Waals surface area contributed by atoms with Gasteiger partial charge in [0.05, 0.1) is 22.5 Å². The van der Waals surface area contributed by atoms with E-state index in [1.54, 1.807) is 21.8 Å². The van der Waals surface area contributed by atoms with Gasteiger partial charge < -0.3 is 10.2 Å². The number of carbonyl (C=O) groups excluding carboxylic acids is 2. The highest BCUT2D eigenvalue weighted by Crippen LogP contribution is 2.30. The van der Waals surface area contributed by atoms with Crippen LogP contribution in [0.5, 0.6) is 0 Å². The minimum absolute atomic E-state index is 0.00824. The summed E-state index contributed by atoms with van der Waals surface area (Å²) in [5.74, 6) is -0.181. The van der Waals surface area contributed by atoms with Crippen molar-refractivity contribution in [3.8, 4) is 5.69 Å². The van der Waals surface area contributed by atoms with E-state index in [4.69, 9.17) is 5.10 Å². The van der Waals surface area contributed by atoms with Gasteiger partial charge in [0.1, 0.15) is 5.69 Å². The van der Waals surface area contributed by atoms with Crippen molar-refractivity contribution >= 4 is 23.2 Å². The van der Waals surface area contributed by atoms with Crippen molar-refractivity contribution in [3.63, 3.8) is 0 Å². The number of amides is 2. The predicted octanol–water partition coefficient (Wildman–Crippen LogP) is 3.10. The lowest BCUT2D eigenvalue weighted by molar-refractivity contribution is 0.0700. The first-order chi connectivity index (χ1) is 14.2. The van der Waals surface area contributed by atoms with Crippen LogP contribution in [-0.4, -0.2) is 51.1 Å². The van der Waals surface area contributed by atoms with Crippen molar-refractivity contribution in [1.82, 2.24) is 25.0 Å². The van der Waals surface area contributed by atoms with Gasteiger partial charge in [-0.15, -0.1) is 11.3 Å². The van der Waals surface area contributed by atoms with E-state index in [0.717, 1.165) is 24.2 Å². The summed E-state index contributed by atoms with van der Waals surface area (Å²) in [6, 6.07) is 9.74. The fourth-order valence-electron chi connectivity index (χ4n) is 3.70. The van der Waals surface area contributed by atoms with Gasteiger partial charge in [0.15, 0.2) is 0 Å². The van der Waals surface area contributed by atoms with Crippen LogP contribution in [0.4, 0.5) is 0 Å². The summed E-state index contributed by atoms with van der Waals surface area (Å²) >= 11 is 1.41. The van der Waals surface area contributed by atoms with Gasteiger partial charge in [0.25, 0.3) is 11.8 Å². The van der Waals surface area contributed by atoms with Crippen LogP contribution in [0.15, 0.2) is 47.4 Å². The van der Waals surface area contributed by atoms with E-state index in [2.05, 4.69) is 10.3 Å². The lowest BCUT2D eigenvalue weighted by atomic mass is 9.92. The van der Waals surface area contributed by atoms with Crippen molar-refractivity contribution in [2.24, 2.45) is 0 Å². The first-order valence-corrected chi connectivity index (χ1v) is 10.7. The third-order valence-electron chi connectivity index (χ3n) is 5.09. The van der Waals surface area contributed by atoms with Crippen LogP contribution in [0.25, 0.3) is 5.69 Å². The molecule has 29 heavy (non-hydrogen) atoms. The van der Waals surface area contributed by atoms with Gasteiger partial charge in [-0.05, 0) is 31.9 Å². The second-order valence-electron chi connectivity index (χ2n) is 7.03. The fourth-order valence-corrected chi connectivity index (χ4v) is 4.22. The molecule has 0 spiro atoms. The molecule has 1 N–H and O–H groups in total. The minimum atomic E-state index is -0.132. The zero-order chi connectivity index (χ0) is 20.2. The van der Waals surface area contributed by atoms with E-state index >= 15 is 0 Å². The third kappa shape index (κ3) is 4.07. The Balaban J connectivity index is 1.64. The maximum absolute atomic E-state index is 12.8. The summed E-state index contributed by atoms with van der Waals surface area (Å²) in [6.07, 6.45) is 3.55. The Morgan fingerprint density at radius 2 is 2.10 bits per heavy atom. The van der Waals surface area contributed by atoms with Crippen LogP contribution < -0.4 is 5.32 Å². The van der Waals surface area contributed by atoms with Gasteiger partial charge in [-0.3, -0.25) is 9.59 Å². The molecule has 0 bridgehead atoms. The maximum Gasteiger partial charge on any atom is 0.273 e. The van der Waals surface area contributed by atoms with Crippen LogP contribution in [0, 0.1) is 0 Å². The SMILES string of the molecule is CCNC(=O)c1cn(-c2ccccc2)nc1[C@H]1CCCN(C(=O)c2cscn2)C1. The van der Waals surface area contributed by atoms with Gasteiger partial charge in [-0.25, -0.2) is 9.67 Å². The summed E-state index contributed by atoms with van der Waals surface area (Å²) < 4.78 is 1.75. The fraction of sp³-hybridized carbons (Fsp3) is 0.333. The Hall–Kier alpha value is -3.00. The summed E-state index contributed by atoms with van der Waals surface area (Å²) in [6.45, 7) is 3.68. The zero-order valence-corrected chi connectivity index (χ0v) is 17.1. The highest BCUT2D eigenvalue weighted by Gasteiger charge is 2.31. The number of aromatic nitrogens is 3. The number of thiazole rings is 1. The van der Waals surface area contributed by atoms with Crippen LogP contribution in [0.1, 0.15) is 52.2 Å². The average Bonchev–Trinajstić information content (AvgIpc) is 3.44. The topological polar surface area (TPSA) is 80.1 Å².